The van der Waals surface area contributed by atoms with Crippen LogP contribution in [-0.4, -0.2) is 22.8 Å². The van der Waals surface area contributed by atoms with Crippen molar-refractivity contribution in [3.8, 4) is 5.75 Å². The van der Waals surface area contributed by atoms with Crippen LogP contribution in [0.2, 0.25) is 0 Å². The van der Waals surface area contributed by atoms with Crippen molar-refractivity contribution in [1.82, 2.24) is 0 Å². The Balaban J connectivity index is 1.51. The van der Waals surface area contributed by atoms with E-state index in [1.54, 1.807) is 61.5 Å². The van der Waals surface area contributed by atoms with Crippen molar-refractivity contribution >= 4 is 29.6 Å². The first kappa shape index (κ1) is 21.6. The maximum Gasteiger partial charge on any atom is 0.363 e. The molecule has 0 N–H and O–H groups in total. The van der Waals surface area contributed by atoms with Gasteiger partial charge in [-0.25, -0.2) is 14.6 Å². The summed E-state index contributed by atoms with van der Waals surface area (Å²) in [7, 11) is 0. The topological polar surface area (TPSA) is 108 Å². The summed E-state index contributed by atoms with van der Waals surface area (Å²) < 4.78 is 10.6. The number of aliphatic imine (C=N–C) groups is 1. The van der Waals surface area contributed by atoms with Crippen molar-refractivity contribution in [2.75, 3.05) is 0 Å². The Morgan fingerprint density at radius 2 is 1.82 bits per heavy atom. The number of benzene rings is 3. The lowest BCUT2D eigenvalue weighted by Crippen LogP contribution is -2.08. The summed E-state index contributed by atoms with van der Waals surface area (Å²) in [6.45, 7) is 3.51. The number of rotatable bonds is 5. The van der Waals surface area contributed by atoms with E-state index >= 15 is 0 Å². The molecule has 3 aromatic carbocycles. The van der Waals surface area contributed by atoms with Gasteiger partial charge in [0.25, 0.3) is 5.69 Å². The predicted octanol–water partition coefficient (Wildman–Crippen LogP) is 4.78. The van der Waals surface area contributed by atoms with Gasteiger partial charge in [-0.05, 0) is 55.8 Å². The van der Waals surface area contributed by atoms with E-state index < -0.39 is 16.9 Å². The predicted molar refractivity (Wildman–Crippen MR) is 121 cm³/mol. The van der Waals surface area contributed by atoms with Gasteiger partial charge < -0.3 is 9.47 Å². The highest BCUT2D eigenvalue weighted by molar-refractivity contribution is 6.13. The highest BCUT2D eigenvalue weighted by Gasteiger charge is 2.25. The van der Waals surface area contributed by atoms with E-state index in [1.165, 1.54) is 12.1 Å². The van der Waals surface area contributed by atoms with Gasteiger partial charge in [-0.1, -0.05) is 35.9 Å². The minimum Gasteiger partial charge on any atom is -0.423 e. The molecular formula is C25H18N2O6. The van der Waals surface area contributed by atoms with Gasteiger partial charge in [0.05, 0.1) is 10.5 Å². The van der Waals surface area contributed by atoms with Crippen LogP contribution in [0.15, 0.2) is 77.4 Å². The molecule has 0 unspecified atom stereocenters. The van der Waals surface area contributed by atoms with Gasteiger partial charge in [-0.15, -0.1) is 0 Å². The molecular weight excluding hydrogens is 424 g/mol. The second-order valence-corrected chi connectivity index (χ2v) is 7.42. The second kappa shape index (κ2) is 8.88. The van der Waals surface area contributed by atoms with Crippen molar-refractivity contribution in [2.45, 2.75) is 13.8 Å². The maximum absolute atomic E-state index is 12.3. The number of aryl methyl sites for hydroxylation is 2. The lowest BCUT2D eigenvalue weighted by Gasteiger charge is -2.05. The molecule has 1 aliphatic heterocycles. The molecule has 0 bridgehead atoms. The van der Waals surface area contributed by atoms with Gasteiger partial charge in [0.15, 0.2) is 5.70 Å². The van der Waals surface area contributed by atoms with Crippen LogP contribution in [0.25, 0.3) is 6.08 Å². The summed E-state index contributed by atoms with van der Waals surface area (Å²) in [5, 5.41) is 11.2. The number of hydrogen-bond donors (Lipinski definition) is 0. The molecule has 8 heteroatoms. The average Bonchev–Trinajstić information content (AvgIpc) is 3.15. The Morgan fingerprint density at radius 1 is 1.06 bits per heavy atom. The molecule has 1 aliphatic rings. The summed E-state index contributed by atoms with van der Waals surface area (Å²) in [6, 6.07) is 18.1. The van der Waals surface area contributed by atoms with Crippen LogP contribution in [0.1, 0.15) is 32.6 Å². The number of nitro benzene ring substituents is 1. The number of nitro groups is 1. The van der Waals surface area contributed by atoms with Crippen molar-refractivity contribution in [1.29, 1.82) is 0 Å². The zero-order valence-electron chi connectivity index (χ0n) is 17.8. The van der Waals surface area contributed by atoms with E-state index in [9.17, 15) is 19.7 Å². The van der Waals surface area contributed by atoms with Gasteiger partial charge in [0.1, 0.15) is 5.75 Å². The molecule has 0 fully saturated rings. The molecule has 0 saturated carbocycles. The molecule has 4 rings (SSSR count). The summed E-state index contributed by atoms with van der Waals surface area (Å²) >= 11 is 0. The number of carbonyl (C=O) groups is 2. The van der Waals surface area contributed by atoms with Crippen LogP contribution < -0.4 is 4.74 Å². The van der Waals surface area contributed by atoms with E-state index in [2.05, 4.69) is 4.99 Å². The minimum atomic E-state index is -0.664. The Morgan fingerprint density at radius 3 is 2.52 bits per heavy atom. The Kier molecular flexibility index (Phi) is 5.82. The Bertz CT molecular complexity index is 1340. The molecule has 0 saturated heterocycles. The van der Waals surface area contributed by atoms with E-state index in [0.29, 0.717) is 28.0 Å². The highest BCUT2D eigenvalue weighted by atomic mass is 16.6. The quantitative estimate of drug-likeness (QED) is 0.185. The van der Waals surface area contributed by atoms with E-state index in [-0.39, 0.29) is 17.3 Å². The smallest absolute Gasteiger partial charge is 0.363 e. The highest BCUT2D eigenvalue weighted by Crippen LogP contribution is 2.24. The van der Waals surface area contributed by atoms with E-state index in [0.717, 1.165) is 5.56 Å². The summed E-state index contributed by atoms with van der Waals surface area (Å²) in [4.78, 5) is 39.4. The number of nitrogens with zero attached hydrogens (tertiary/aromatic N) is 2. The van der Waals surface area contributed by atoms with Crippen molar-refractivity contribution in [3.63, 3.8) is 0 Å². The molecule has 0 atom stereocenters. The number of esters is 2. The van der Waals surface area contributed by atoms with Crippen LogP contribution >= 0.6 is 0 Å². The second-order valence-electron chi connectivity index (χ2n) is 7.42. The molecule has 0 amide bonds. The SMILES string of the molecule is Cc1cccc(C(=O)Oc2ccc(/C=C3\N=C(c4ccc(C)c([N+](=O)[O-])c4)OC3=O)cc2)c1. The average molecular weight is 442 g/mol. The molecule has 3 aromatic rings. The zero-order chi connectivity index (χ0) is 23.5. The van der Waals surface area contributed by atoms with E-state index in [1.807, 2.05) is 13.0 Å². The van der Waals surface area contributed by atoms with Crippen LogP contribution in [0.4, 0.5) is 5.69 Å². The van der Waals surface area contributed by atoms with Crippen LogP contribution in [-0.2, 0) is 9.53 Å². The summed E-state index contributed by atoms with van der Waals surface area (Å²) in [6.07, 6.45) is 1.52. The maximum atomic E-state index is 12.3. The van der Waals surface area contributed by atoms with Crippen molar-refractivity contribution < 1.29 is 24.0 Å². The van der Waals surface area contributed by atoms with Gasteiger partial charge in [-0.3, -0.25) is 10.1 Å². The molecule has 8 nitrogen and oxygen atoms in total. The van der Waals surface area contributed by atoms with Gasteiger partial charge >= 0.3 is 11.9 Å². The van der Waals surface area contributed by atoms with Crippen molar-refractivity contribution in [3.05, 3.63) is 110 Å². The van der Waals surface area contributed by atoms with Crippen LogP contribution in [0.5, 0.6) is 5.75 Å². The van der Waals surface area contributed by atoms with Crippen LogP contribution in [0.3, 0.4) is 0 Å². The minimum absolute atomic E-state index is 0.00180. The fourth-order valence-corrected chi connectivity index (χ4v) is 3.20. The first-order valence-electron chi connectivity index (χ1n) is 9.97. The molecule has 0 aliphatic carbocycles. The molecule has 0 aromatic heterocycles. The van der Waals surface area contributed by atoms with Gasteiger partial charge in [0.2, 0.25) is 5.90 Å². The Hall–Kier alpha value is -4.59. The number of hydrogen-bond acceptors (Lipinski definition) is 7. The summed E-state index contributed by atoms with van der Waals surface area (Å²) in [5.41, 5.74) is 2.84. The number of cyclic esters (lactones) is 1. The van der Waals surface area contributed by atoms with Gasteiger partial charge in [0, 0.05) is 17.2 Å². The molecule has 164 valence electrons. The van der Waals surface area contributed by atoms with Crippen LogP contribution in [0, 0.1) is 24.0 Å². The summed E-state index contributed by atoms with van der Waals surface area (Å²) in [5.74, 6) is -0.777. The normalized spacial score (nSPS) is 14.1. The third-order valence-corrected chi connectivity index (χ3v) is 4.92. The zero-order valence-corrected chi connectivity index (χ0v) is 17.8. The first-order chi connectivity index (χ1) is 15.8. The third-order valence-electron chi connectivity index (χ3n) is 4.92. The van der Waals surface area contributed by atoms with Crippen molar-refractivity contribution in [2.24, 2.45) is 4.99 Å². The molecule has 0 radical (unpaired) electrons. The monoisotopic (exact) mass is 442 g/mol. The fraction of sp³-hybridized carbons (Fsp3) is 0.0800. The Labute approximate surface area is 189 Å². The third kappa shape index (κ3) is 4.85. The number of ether oxygens (including phenoxy) is 2. The number of carbonyl (C=O) groups excluding carboxylic acids is 2. The molecule has 1 heterocycles. The lowest BCUT2D eigenvalue weighted by atomic mass is 10.1. The largest absolute Gasteiger partial charge is 0.423 e. The fourth-order valence-electron chi connectivity index (χ4n) is 3.20. The molecule has 33 heavy (non-hydrogen) atoms. The standard InChI is InChI=1S/C25H18N2O6/c1-15-4-3-5-19(12-15)24(28)32-20-10-7-17(8-11-20)13-21-25(29)33-23(26-21)18-9-6-16(2)22(14-18)27(30)31/h3-14H,1-2H3/b21-13-. The van der Waals surface area contributed by atoms with E-state index in [4.69, 9.17) is 9.47 Å². The van der Waals surface area contributed by atoms with Gasteiger partial charge in [-0.2, -0.15) is 0 Å². The first-order valence-corrected chi connectivity index (χ1v) is 9.97. The molecule has 0 spiro atoms. The lowest BCUT2D eigenvalue weighted by molar-refractivity contribution is -0.385.